The number of anilines is 2. The molecule has 4 atom stereocenters. The average molecular weight is 1110 g/mol. The predicted molar refractivity (Wildman–Crippen MR) is 293 cm³/mol. The Morgan fingerprint density at radius 1 is 0.859 bits per heavy atom. The molecular weight excluding hydrogens is 1040 g/mol. The van der Waals surface area contributed by atoms with Gasteiger partial charge < -0.3 is 34.5 Å². The standard InChI is InChI=1S/C56H66ClN9O11S/c1-33-34(2)78-55-48(33)50(36-14-16-37(57)17-15-36)60-42(51-63-62-35(3)65(51)55)32-45(68)59-38-18-20-39(21-19-38)76-31-30-75-29-26-64(46(69)12-7-8-13-47(70)77-56(4,5)6)25-28-74-27-24-58-41-11-9-10-40-49(41)54(73)66(53(40)72)43-22-23-44(67)61-52(43)71/h9-11,14-21,42-43,48,55,58H,7-8,12-13,22-32H2,1-6H3,(H,59,68)(H,61,67,71)/t42-,43?,48?,55?/m0/s1. The van der Waals surface area contributed by atoms with Crippen LogP contribution in [0.4, 0.5) is 11.4 Å². The van der Waals surface area contributed by atoms with Gasteiger partial charge in [-0.3, -0.25) is 53.3 Å². The lowest BCUT2D eigenvalue weighted by atomic mass is 9.90. The predicted octanol–water partition coefficient (Wildman–Crippen LogP) is 7.62. The number of aryl methyl sites for hydroxylation is 1. The Kier molecular flexibility index (Phi) is 18.8. The highest BCUT2D eigenvalue weighted by Crippen LogP contribution is 2.53. The third-order valence-electron chi connectivity index (χ3n) is 13.6. The Morgan fingerprint density at radius 3 is 2.29 bits per heavy atom. The second kappa shape index (κ2) is 25.7. The van der Waals surface area contributed by atoms with E-state index in [0.29, 0.717) is 40.8 Å². The number of aromatic nitrogens is 3. The van der Waals surface area contributed by atoms with Gasteiger partial charge in [-0.15, -0.1) is 22.0 Å². The fourth-order valence-electron chi connectivity index (χ4n) is 9.73. The van der Waals surface area contributed by atoms with E-state index in [4.69, 9.17) is 35.5 Å². The van der Waals surface area contributed by atoms with Gasteiger partial charge in [-0.05, 0) is 120 Å². The molecule has 1 saturated heterocycles. The summed E-state index contributed by atoms with van der Waals surface area (Å²) in [7, 11) is 0. The molecule has 4 aliphatic rings. The number of amides is 6. The molecule has 5 heterocycles. The summed E-state index contributed by atoms with van der Waals surface area (Å²) in [6, 6.07) is 17.9. The summed E-state index contributed by atoms with van der Waals surface area (Å²) in [5, 5.41) is 17.9. The van der Waals surface area contributed by atoms with Crippen LogP contribution in [0.25, 0.3) is 0 Å². The van der Waals surface area contributed by atoms with E-state index in [0.717, 1.165) is 22.0 Å². The van der Waals surface area contributed by atoms with Gasteiger partial charge in [-0.25, -0.2) is 0 Å². The van der Waals surface area contributed by atoms with Crippen molar-refractivity contribution in [1.29, 1.82) is 0 Å². The van der Waals surface area contributed by atoms with Crippen molar-refractivity contribution in [2.45, 2.75) is 110 Å². The number of carbonyl (C=O) groups excluding carboxylic acids is 7. The van der Waals surface area contributed by atoms with Crippen molar-refractivity contribution in [2.75, 3.05) is 63.3 Å². The van der Waals surface area contributed by atoms with Crippen molar-refractivity contribution in [3.05, 3.63) is 111 Å². The molecule has 3 aromatic carbocycles. The van der Waals surface area contributed by atoms with Crippen LogP contribution >= 0.6 is 23.4 Å². The van der Waals surface area contributed by atoms with Crippen LogP contribution in [0.5, 0.6) is 5.75 Å². The Balaban J connectivity index is 0.792. The molecule has 1 fully saturated rings. The van der Waals surface area contributed by atoms with E-state index in [9.17, 15) is 33.6 Å². The second-order valence-electron chi connectivity index (χ2n) is 20.4. The quantitative estimate of drug-likeness (QED) is 0.0347. The first-order valence-electron chi connectivity index (χ1n) is 26.2. The molecule has 20 nitrogen and oxygen atoms in total. The second-order valence-corrected chi connectivity index (χ2v) is 22.1. The Labute approximate surface area is 462 Å². The van der Waals surface area contributed by atoms with Gasteiger partial charge in [0.15, 0.2) is 5.82 Å². The van der Waals surface area contributed by atoms with Gasteiger partial charge in [0.05, 0.1) is 61.0 Å². The van der Waals surface area contributed by atoms with E-state index in [2.05, 4.69) is 44.6 Å². The number of piperidine rings is 1. The van der Waals surface area contributed by atoms with Gasteiger partial charge in [0, 0.05) is 55.3 Å². The smallest absolute Gasteiger partial charge is 0.306 e. The number of fused-ring (bicyclic) bond motifs is 4. The zero-order valence-electron chi connectivity index (χ0n) is 44.7. The van der Waals surface area contributed by atoms with Crippen molar-refractivity contribution in [2.24, 2.45) is 10.9 Å². The van der Waals surface area contributed by atoms with Crippen LogP contribution in [0.15, 0.2) is 82.2 Å². The van der Waals surface area contributed by atoms with Gasteiger partial charge in [0.1, 0.15) is 35.9 Å². The Morgan fingerprint density at radius 2 is 1.58 bits per heavy atom. The number of hydrogen-bond acceptors (Lipinski definition) is 16. The summed E-state index contributed by atoms with van der Waals surface area (Å²) in [6.07, 6.45) is 1.51. The van der Waals surface area contributed by atoms with E-state index in [-0.39, 0.29) is 125 Å². The zero-order valence-corrected chi connectivity index (χ0v) is 46.3. The number of ether oxygens (including phenoxy) is 4. The van der Waals surface area contributed by atoms with Crippen molar-refractivity contribution < 1.29 is 52.5 Å². The summed E-state index contributed by atoms with van der Waals surface area (Å²) in [6.45, 7) is 13.5. The number of unbranched alkanes of at least 4 members (excludes halogenated alkanes) is 1. The molecule has 3 unspecified atom stereocenters. The monoisotopic (exact) mass is 1110 g/mol. The van der Waals surface area contributed by atoms with E-state index < -0.39 is 41.3 Å². The van der Waals surface area contributed by atoms with E-state index in [1.807, 2.05) is 31.2 Å². The molecule has 78 heavy (non-hydrogen) atoms. The van der Waals surface area contributed by atoms with Crippen LogP contribution in [0.3, 0.4) is 0 Å². The summed E-state index contributed by atoms with van der Waals surface area (Å²) >= 11 is 8.04. The molecule has 0 aliphatic carbocycles. The van der Waals surface area contributed by atoms with Gasteiger partial charge in [0.2, 0.25) is 23.6 Å². The number of esters is 1. The number of imide groups is 2. The minimum atomic E-state index is -1.08. The summed E-state index contributed by atoms with van der Waals surface area (Å²) in [5.74, 6) is -1.08. The molecule has 6 amide bonds. The average Bonchev–Trinajstić information content (AvgIpc) is 4.22. The van der Waals surface area contributed by atoms with Crippen LogP contribution < -0.4 is 20.7 Å². The molecule has 414 valence electrons. The minimum absolute atomic E-state index is 0.0210. The van der Waals surface area contributed by atoms with E-state index in [1.165, 1.54) is 16.5 Å². The van der Waals surface area contributed by atoms with Crippen LogP contribution in [0.1, 0.15) is 129 Å². The maximum absolute atomic E-state index is 13.7. The topological polar surface area (TPSA) is 242 Å². The van der Waals surface area contributed by atoms with E-state index in [1.54, 1.807) is 73.8 Å². The molecule has 3 N–H and O–H groups in total. The molecule has 0 spiro atoms. The minimum Gasteiger partial charge on any atom is -0.491 e. The number of allylic oxidation sites excluding steroid dienone is 2. The van der Waals surface area contributed by atoms with Crippen LogP contribution in [-0.4, -0.2) is 136 Å². The maximum Gasteiger partial charge on any atom is 0.306 e. The molecule has 8 rings (SSSR count). The molecule has 0 radical (unpaired) electrons. The van der Waals surface area contributed by atoms with Gasteiger partial charge in [0.25, 0.3) is 11.8 Å². The number of benzene rings is 3. The molecule has 4 aromatic rings. The third-order valence-corrected chi connectivity index (χ3v) is 15.3. The van der Waals surface area contributed by atoms with Crippen molar-refractivity contribution >= 4 is 81.9 Å². The van der Waals surface area contributed by atoms with Crippen molar-refractivity contribution in [1.82, 2.24) is 29.9 Å². The van der Waals surface area contributed by atoms with Crippen molar-refractivity contribution in [3.63, 3.8) is 0 Å². The van der Waals surface area contributed by atoms with Gasteiger partial charge >= 0.3 is 5.97 Å². The fourth-order valence-corrected chi connectivity index (χ4v) is 11.4. The van der Waals surface area contributed by atoms with Crippen LogP contribution in [0, 0.1) is 12.8 Å². The lowest BCUT2D eigenvalue weighted by molar-refractivity contribution is -0.155. The lowest BCUT2D eigenvalue weighted by Crippen LogP contribution is -2.54. The number of aliphatic imine (C=N–C) groups is 1. The summed E-state index contributed by atoms with van der Waals surface area (Å²) < 4.78 is 25.3. The number of hydrogen-bond donors (Lipinski definition) is 3. The molecule has 22 heteroatoms. The van der Waals surface area contributed by atoms with Gasteiger partial charge in [-0.2, -0.15) is 0 Å². The molecule has 0 bridgehead atoms. The molecule has 1 aromatic heterocycles. The third kappa shape index (κ3) is 14.0. The van der Waals surface area contributed by atoms with Crippen LogP contribution in [-0.2, 0) is 38.2 Å². The van der Waals surface area contributed by atoms with Gasteiger partial charge in [-0.1, -0.05) is 35.4 Å². The summed E-state index contributed by atoms with van der Waals surface area (Å²) in [4.78, 5) is 99.4. The number of nitrogens with one attached hydrogen (secondary N) is 3. The fraction of sp³-hybridized carbons (Fsp3) is 0.464. The lowest BCUT2D eigenvalue weighted by Gasteiger charge is -2.27. The molecule has 4 aliphatic heterocycles. The van der Waals surface area contributed by atoms with Crippen LogP contribution in [0.2, 0.25) is 5.02 Å². The Bertz CT molecular complexity index is 2970. The first kappa shape index (κ1) is 57.2. The highest BCUT2D eigenvalue weighted by molar-refractivity contribution is 8.03. The molecular formula is C56H66ClN9O11S. The SMILES string of the molecule is CC1=C(C)C2C(c3ccc(Cl)cc3)=N[C@@H](CC(=O)Nc3ccc(OCCOCCN(CCOCCNc4cccc5c4C(=O)N(C4CCC(=O)NC4=O)C5=O)C(=O)CCCCC(=O)OC(C)(C)C)cc3)c3nnc(C)n3C2S1. The largest absolute Gasteiger partial charge is 0.491 e. The number of nitrogens with zero attached hydrogens (tertiary/aromatic N) is 6. The maximum atomic E-state index is 13.7. The zero-order chi connectivity index (χ0) is 55.7. The first-order valence-corrected chi connectivity index (χ1v) is 27.5. The number of halogens is 1. The summed E-state index contributed by atoms with van der Waals surface area (Å²) in [5.41, 5.74) is 3.75. The molecule has 0 saturated carbocycles. The first-order chi connectivity index (χ1) is 37.4. The number of carbonyl (C=O) groups is 7. The van der Waals surface area contributed by atoms with E-state index >= 15 is 0 Å². The number of rotatable bonds is 24. The highest BCUT2D eigenvalue weighted by Gasteiger charge is 2.46. The van der Waals surface area contributed by atoms with Crippen molar-refractivity contribution in [3.8, 4) is 5.75 Å². The number of thioether (sulfide) groups is 1. The normalized spacial score (nSPS) is 18.9. The Hall–Kier alpha value is -6.94. The highest BCUT2D eigenvalue weighted by atomic mass is 35.5.